The normalized spacial score (nSPS) is 13.8. The lowest BCUT2D eigenvalue weighted by Crippen LogP contribution is -2.30. The summed E-state index contributed by atoms with van der Waals surface area (Å²) in [6.45, 7) is 6.06. The van der Waals surface area contributed by atoms with Crippen molar-refractivity contribution >= 4 is 5.97 Å². The number of hydrogen-bond acceptors (Lipinski definition) is 6. The summed E-state index contributed by atoms with van der Waals surface area (Å²) >= 11 is 0. The minimum Gasteiger partial charge on any atom is -0.466 e. The lowest BCUT2D eigenvalue weighted by atomic mass is 10.2. The summed E-state index contributed by atoms with van der Waals surface area (Å²) in [5, 5.41) is 12.8. The summed E-state index contributed by atoms with van der Waals surface area (Å²) in [5.41, 5.74) is 0.992. The van der Waals surface area contributed by atoms with Crippen LogP contribution in [-0.4, -0.2) is 57.3 Å². The van der Waals surface area contributed by atoms with Crippen LogP contribution in [0.5, 0.6) is 0 Å². The predicted octanol–water partition coefficient (Wildman–Crippen LogP) is 3.18. The second-order valence-corrected chi connectivity index (χ2v) is 7.43. The molecule has 0 spiro atoms. The number of aromatic nitrogens is 4. The van der Waals surface area contributed by atoms with Gasteiger partial charge in [0.1, 0.15) is 0 Å². The molecule has 3 rings (SSSR count). The Kier molecular flexibility index (Phi) is 7.96. The third kappa shape index (κ3) is 7.03. The number of ether oxygens (including phenoxy) is 1. The molecule has 1 aromatic carbocycles. The van der Waals surface area contributed by atoms with E-state index in [2.05, 4.69) is 20.3 Å². The highest BCUT2D eigenvalue weighted by atomic mass is 16.5. The van der Waals surface area contributed by atoms with E-state index in [0.717, 1.165) is 56.9 Å². The summed E-state index contributed by atoms with van der Waals surface area (Å²) < 4.78 is 5.05. The van der Waals surface area contributed by atoms with Gasteiger partial charge >= 0.3 is 5.97 Å². The number of rotatable bonds is 13. The molecule has 0 unspecified atom stereocenters. The van der Waals surface area contributed by atoms with Crippen LogP contribution in [-0.2, 0) is 16.1 Å². The molecule has 0 atom stereocenters. The zero-order valence-corrected chi connectivity index (χ0v) is 16.8. The Balaban J connectivity index is 1.34. The highest BCUT2D eigenvalue weighted by Crippen LogP contribution is 2.29. The monoisotopic (exact) mass is 385 g/mol. The third-order valence-electron chi connectivity index (χ3n) is 4.97. The molecule has 1 aliphatic carbocycles. The smallest absolute Gasteiger partial charge is 0.307 e. The van der Waals surface area contributed by atoms with Gasteiger partial charge in [0.2, 0.25) is 5.82 Å². The van der Waals surface area contributed by atoms with Crippen molar-refractivity contribution in [2.24, 2.45) is 5.92 Å². The summed E-state index contributed by atoms with van der Waals surface area (Å²) in [5.74, 6) is 1.42. The Labute approximate surface area is 167 Å². The van der Waals surface area contributed by atoms with Gasteiger partial charge in [-0.15, -0.1) is 10.2 Å². The molecule has 7 nitrogen and oxygen atoms in total. The molecular weight excluding hydrogens is 354 g/mol. The molecule has 0 radical (unpaired) electrons. The molecule has 1 aliphatic rings. The van der Waals surface area contributed by atoms with Crippen LogP contribution in [0, 0.1) is 5.92 Å². The molecule has 0 bridgehead atoms. The van der Waals surface area contributed by atoms with E-state index in [4.69, 9.17) is 4.74 Å². The van der Waals surface area contributed by atoms with E-state index < -0.39 is 0 Å². The van der Waals surface area contributed by atoms with E-state index in [1.54, 1.807) is 4.80 Å². The number of aryl methyl sites for hydroxylation is 1. The Morgan fingerprint density at radius 3 is 2.75 bits per heavy atom. The van der Waals surface area contributed by atoms with E-state index in [1.807, 2.05) is 37.3 Å². The molecular formula is C21H31N5O2. The molecule has 28 heavy (non-hydrogen) atoms. The molecule has 1 heterocycles. The molecule has 1 fully saturated rings. The van der Waals surface area contributed by atoms with Gasteiger partial charge in [0.05, 0.1) is 19.6 Å². The zero-order chi connectivity index (χ0) is 19.6. The summed E-state index contributed by atoms with van der Waals surface area (Å²) in [7, 11) is 0. The van der Waals surface area contributed by atoms with Gasteiger partial charge in [-0.1, -0.05) is 36.8 Å². The van der Waals surface area contributed by atoms with Crippen LogP contribution < -0.4 is 0 Å². The van der Waals surface area contributed by atoms with Crippen molar-refractivity contribution in [2.45, 2.75) is 52.0 Å². The highest BCUT2D eigenvalue weighted by Gasteiger charge is 2.24. The summed E-state index contributed by atoms with van der Waals surface area (Å²) in [6, 6.07) is 9.92. The zero-order valence-electron chi connectivity index (χ0n) is 16.8. The van der Waals surface area contributed by atoms with Gasteiger partial charge in [-0.05, 0) is 50.3 Å². The first-order valence-electron chi connectivity index (χ1n) is 10.5. The van der Waals surface area contributed by atoms with Gasteiger partial charge in [0.25, 0.3) is 0 Å². The molecule has 0 amide bonds. The summed E-state index contributed by atoms with van der Waals surface area (Å²) in [6.07, 6.45) is 6.42. The Morgan fingerprint density at radius 1 is 1.18 bits per heavy atom. The topological polar surface area (TPSA) is 73.1 Å². The lowest BCUT2D eigenvalue weighted by Gasteiger charge is -2.21. The second-order valence-electron chi connectivity index (χ2n) is 7.43. The number of hydrogen-bond donors (Lipinski definition) is 0. The number of nitrogens with zero attached hydrogens (tertiary/aromatic N) is 5. The fourth-order valence-corrected chi connectivity index (χ4v) is 3.25. The molecule has 2 aromatic rings. The number of esters is 1. The average molecular weight is 386 g/mol. The summed E-state index contributed by atoms with van der Waals surface area (Å²) in [4.78, 5) is 15.7. The maximum atomic E-state index is 11.6. The van der Waals surface area contributed by atoms with Crippen molar-refractivity contribution in [3.8, 4) is 11.4 Å². The Hall–Kier alpha value is -2.28. The van der Waals surface area contributed by atoms with Crippen molar-refractivity contribution in [1.82, 2.24) is 25.1 Å². The average Bonchev–Trinajstić information content (AvgIpc) is 3.40. The van der Waals surface area contributed by atoms with Gasteiger partial charge < -0.3 is 9.64 Å². The Morgan fingerprint density at radius 2 is 2.00 bits per heavy atom. The first kappa shape index (κ1) is 20.5. The van der Waals surface area contributed by atoms with Gasteiger partial charge in [0, 0.05) is 18.7 Å². The lowest BCUT2D eigenvalue weighted by molar-refractivity contribution is -0.143. The minimum atomic E-state index is -0.0882. The largest absolute Gasteiger partial charge is 0.466 e. The van der Waals surface area contributed by atoms with Crippen molar-refractivity contribution in [3.05, 3.63) is 30.3 Å². The maximum Gasteiger partial charge on any atom is 0.307 e. The van der Waals surface area contributed by atoms with Crippen LogP contribution in [0.3, 0.4) is 0 Å². The van der Waals surface area contributed by atoms with Gasteiger partial charge in [-0.25, -0.2) is 0 Å². The molecule has 7 heteroatoms. The van der Waals surface area contributed by atoms with Crippen LogP contribution in [0.2, 0.25) is 0 Å². The van der Waals surface area contributed by atoms with E-state index in [1.165, 1.54) is 12.8 Å². The minimum absolute atomic E-state index is 0.0882. The quantitative estimate of drug-likeness (QED) is 0.389. The van der Waals surface area contributed by atoms with E-state index in [9.17, 15) is 4.79 Å². The van der Waals surface area contributed by atoms with Gasteiger partial charge in [-0.3, -0.25) is 4.79 Å². The third-order valence-corrected chi connectivity index (χ3v) is 4.97. The van der Waals surface area contributed by atoms with Crippen LogP contribution in [0.4, 0.5) is 0 Å². The van der Waals surface area contributed by atoms with Crippen molar-refractivity contribution < 1.29 is 9.53 Å². The molecule has 0 N–H and O–H groups in total. The number of carbonyl (C=O) groups excluding carboxylic acids is 1. The Bertz CT molecular complexity index is 715. The highest BCUT2D eigenvalue weighted by molar-refractivity contribution is 5.69. The number of unbranched alkanes of at least 4 members (excludes halogenated alkanes) is 2. The van der Waals surface area contributed by atoms with Gasteiger partial charge in [0.15, 0.2) is 0 Å². The van der Waals surface area contributed by atoms with Crippen molar-refractivity contribution in [2.75, 3.05) is 26.2 Å². The number of carbonyl (C=O) groups is 1. The van der Waals surface area contributed by atoms with E-state index >= 15 is 0 Å². The first-order valence-corrected chi connectivity index (χ1v) is 10.5. The fraction of sp³-hybridized carbons (Fsp3) is 0.619. The van der Waals surface area contributed by atoms with Crippen LogP contribution in [0.15, 0.2) is 30.3 Å². The first-order chi connectivity index (χ1) is 13.7. The predicted molar refractivity (Wildman–Crippen MR) is 108 cm³/mol. The molecule has 1 saturated carbocycles. The molecule has 0 aliphatic heterocycles. The van der Waals surface area contributed by atoms with Crippen molar-refractivity contribution in [1.29, 1.82) is 0 Å². The number of tetrazole rings is 1. The van der Waals surface area contributed by atoms with Crippen LogP contribution in [0.1, 0.15) is 45.4 Å². The SMILES string of the molecule is CCOC(=O)CCN(CCCCCn1nnc(-c2ccccc2)n1)CC1CC1. The van der Waals surface area contributed by atoms with E-state index in [-0.39, 0.29) is 5.97 Å². The maximum absolute atomic E-state index is 11.6. The molecule has 0 saturated heterocycles. The fourth-order valence-electron chi connectivity index (χ4n) is 3.25. The van der Waals surface area contributed by atoms with Crippen molar-refractivity contribution in [3.63, 3.8) is 0 Å². The van der Waals surface area contributed by atoms with Crippen LogP contribution >= 0.6 is 0 Å². The van der Waals surface area contributed by atoms with Crippen LogP contribution in [0.25, 0.3) is 11.4 Å². The molecule has 1 aromatic heterocycles. The number of benzene rings is 1. The molecule has 152 valence electrons. The van der Waals surface area contributed by atoms with E-state index in [0.29, 0.717) is 18.9 Å². The second kappa shape index (κ2) is 10.9. The van der Waals surface area contributed by atoms with Gasteiger partial charge in [-0.2, -0.15) is 4.80 Å². The standard InChI is InChI=1S/C21H31N5O2/c1-2-28-20(27)13-16-25(17-18-11-12-18)14-7-4-8-15-26-23-21(22-24-26)19-9-5-3-6-10-19/h3,5-6,9-10,18H,2,4,7-8,11-17H2,1H3.